The molecular weight excluding hydrogens is 254 g/mol. The molecule has 0 aliphatic carbocycles. The number of aliphatic hydroxyl groups is 1. The van der Waals surface area contributed by atoms with E-state index in [0.717, 1.165) is 6.08 Å². The highest BCUT2D eigenvalue weighted by Gasteiger charge is 2.15. The monoisotopic (exact) mass is 275 g/mol. The van der Waals surface area contributed by atoms with Gasteiger partial charge in [0.25, 0.3) is 0 Å². The highest BCUT2D eigenvalue weighted by atomic mass is 16.7. The topological polar surface area (TPSA) is 94.1 Å². The van der Waals surface area contributed by atoms with Crippen LogP contribution in [0.1, 0.15) is 27.2 Å². The molecular formula is C12H21NO6. The normalized spacial score (nSPS) is 13.1. The molecule has 0 spiro atoms. The van der Waals surface area contributed by atoms with Crippen LogP contribution in [0, 0.1) is 0 Å². The summed E-state index contributed by atoms with van der Waals surface area (Å²) in [6.07, 6.45) is 1.05. The first kappa shape index (κ1) is 17.4. The standard InChI is InChI=1S/C12H21NO6/c1-12(2,3)19-11(16)13-18-8-7-9(14)5-6-10(15)17-4/h5-6,9,14H,7-8H2,1-4H3,(H,13,16)/b6-5+/t9-/m0/s1. The van der Waals surface area contributed by atoms with Crippen molar-refractivity contribution in [3.63, 3.8) is 0 Å². The van der Waals surface area contributed by atoms with Gasteiger partial charge in [0, 0.05) is 12.5 Å². The Balaban J connectivity index is 3.72. The second-order valence-corrected chi connectivity index (χ2v) is 4.69. The summed E-state index contributed by atoms with van der Waals surface area (Å²) < 4.78 is 9.29. The number of methoxy groups -OCH3 is 1. The SMILES string of the molecule is COC(=O)/C=C/[C@H](O)CCONC(=O)OC(C)(C)C. The minimum absolute atomic E-state index is 0.0753. The van der Waals surface area contributed by atoms with Crippen LogP contribution in [-0.4, -0.2) is 42.6 Å². The number of esters is 1. The molecule has 0 rings (SSSR count). The van der Waals surface area contributed by atoms with E-state index in [4.69, 9.17) is 9.57 Å². The fourth-order valence-electron chi connectivity index (χ4n) is 0.942. The van der Waals surface area contributed by atoms with Crippen LogP contribution in [0.5, 0.6) is 0 Å². The van der Waals surface area contributed by atoms with E-state index in [1.54, 1.807) is 20.8 Å². The van der Waals surface area contributed by atoms with Crippen molar-refractivity contribution in [1.82, 2.24) is 5.48 Å². The predicted octanol–water partition coefficient (Wildman–Crippen LogP) is 0.923. The Morgan fingerprint density at radius 1 is 1.37 bits per heavy atom. The van der Waals surface area contributed by atoms with Crippen molar-refractivity contribution in [2.45, 2.75) is 38.9 Å². The lowest BCUT2D eigenvalue weighted by Gasteiger charge is -2.19. The fourth-order valence-corrected chi connectivity index (χ4v) is 0.942. The number of ether oxygens (including phenoxy) is 2. The highest BCUT2D eigenvalue weighted by molar-refractivity contribution is 5.81. The summed E-state index contributed by atoms with van der Waals surface area (Å²) >= 11 is 0. The number of rotatable bonds is 6. The van der Waals surface area contributed by atoms with Crippen LogP contribution in [0.25, 0.3) is 0 Å². The molecule has 0 aromatic carbocycles. The van der Waals surface area contributed by atoms with Gasteiger partial charge in [-0.05, 0) is 26.8 Å². The number of amides is 1. The predicted molar refractivity (Wildman–Crippen MR) is 67.1 cm³/mol. The second-order valence-electron chi connectivity index (χ2n) is 4.69. The molecule has 1 atom stereocenters. The Morgan fingerprint density at radius 2 is 2.00 bits per heavy atom. The molecule has 0 aromatic rings. The summed E-state index contributed by atoms with van der Waals surface area (Å²) in [6, 6.07) is 0. The van der Waals surface area contributed by atoms with E-state index in [2.05, 4.69) is 10.2 Å². The lowest BCUT2D eigenvalue weighted by molar-refractivity contribution is -0.134. The Labute approximate surface area is 112 Å². The van der Waals surface area contributed by atoms with Gasteiger partial charge < -0.3 is 14.6 Å². The number of carbonyl (C=O) groups is 2. The summed E-state index contributed by atoms with van der Waals surface area (Å²) in [5.41, 5.74) is 1.48. The number of hydrogen-bond donors (Lipinski definition) is 2. The Kier molecular flexibility index (Phi) is 7.78. The number of hydrogen-bond acceptors (Lipinski definition) is 6. The third kappa shape index (κ3) is 11.2. The summed E-state index contributed by atoms with van der Waals surface area (Å²) in [5.74, 6) is -0.549. The van der Waals surface area contributed by atoms with Crippen molar-refractivity contribution < 1.29 is 29.0 Å². The molecule has 0 heterocycles. The van der Waals surface area contributed by atoms with Crippen molar-refractivity contribution >= 4 is 12.1 Å². The maximum Gasteiger partial charge on any atom is 0.431 e. The molecule has 0 saturated heterocycles. The van der Waals surface area contributed by atoms with E-state index in [9.17, 15) is 14.7 Å². The molecule has 7 heteroatoms. The number of carbonyl (C=O) groups excluding carboxylic acids is 2. The third-order valence-corrected chi connectivity index (χ3v) is 1.73. The zero-order chi connectivity index (χ0) is 14.9. The zero-order valence-electron chi connectivity index (χ0n) is 11.6. The maximum absolute atomic E-state index is 11.2. The highest BCUT2D eigenvalue weighted by Crippen LogP contribution is 2.06. The van der Waals surface area contributed by atoms with E-state index in [0.29, 0.717) is 0 Å². The molecule has 1 amide bonds. The molecule has 7 nitrogen and oxygen atoms in total. The van der Waals surface area contributed by atoms with Crippen molar-refractivity contribution in [3.8, 4) is 0 Å². The van der Waals surface area contributed by atoms with Crippen LogP contribution < -0.4 is 5.48 Å². The minimum Gasteiger partial charge on any atom is -0.466 e. The van der Waals surface area contributed by atoms with Gasteiger partial charge in [-0.2, -0.15) is 5.48 Å². The Hall–Kier alpha value is -1.60. The van der Waals surface area contributed by atoms with Crippen LogP contribution in [-0.2, 0) is 19.1 Å². The summed E-state index contributed by atoms with van der Waals surface area (Å²) in [6.45, 7) is 5.27. The quantitative estimate of drug-likeness (QED) is 0.324. The van der Waals surface area contributed by atoms with Crippen molar-refractivity contribution in [2.75, 3.05) is 13.7 Å². The lowest BCUT2D eigenvalue weighted by atomic mass is 10.2. The van der Waals surface area contributed by atoms with Crippen LogP contribution >= 0.6 is 0 Å². The molecule has 2 N–H and O–H groups in total. The smallest absolute Gasteiger partial charge is 0.431 e. The number of nitrogens with one attached hydrogen (secondary N) is 1. The van der Waals surface area contributed by atoms with Crippen molar-refractivity contribution in [2.24, 2.45) is 0 Å². The minimum atomic E-state index is -0.862. The first-order chi connectivity index (χ1) is 8.74. The van der Waals surface area contributed by atoms with Crippen LogP contribution in [0.4, 0.5) is 4.79 Å². The molecule has 0 fully saturated rings. The van der Waals surface area contributed by atoms with Gasteiger partial charge in [0.15, 0.2) is 0 Å². The van der Waals surface area contributed by atoms with Gasteiger partial charge in [0.1, 0.15) is 5.60 Å². The molecule has 0 aromatic heterocycles. The van der Waals surface area contributed by atoms with Crippen molar-refractivity contribution in [3.05, 3.63) is 12.2 Å². The Morgan fingerprint density at radius 3 is 2.53 bits per heavy atom. The van der Waals surface area contributed by atoms with Gasteiger partial charge >= 0.3 is 12.1 Å². The summed E-state index contributed by atoms with van der Waals surface area (Å²) in [4.78, 5) is 26.7. The zero-order valence-corrected chi connectivity index (χ0v) is 11.6. The van der Waals surface area contributed by atoms with E-state index < -0.39 is 23.8 Å². The second kappa shape index (κ2) is 8.49. The lowest BCUT2D eigenvalue weighted by Crippen LogP contribution is -2.33. The number of hydroxylamine groups is 1. The Bertz CT molecular complexity index is 321. The molecule has 0 radical (unpaired) electrons. The van der Waals surface area contributed by atoms with E-state index >= 15 is 0 Å². The van der Waals surface area contributed by atoms with Gasteiger partial charge in [0.05, 0.1) is 19.8 Å². The third-order valence-electron chi connectivity index (χ3n) is 1.73. The molecule has 0 saturated carbocycles. The first-order valence-corrected chi connectivity index (χ1v) is 5.79. The molecule has 0 aliphatic rings. The van der Waals surface area contributed by atoms with Gasteiger partial charge in [-0.1, -0.05) is 0 Å². The van der Waals surface area contributed by atoms with Crippen LogP contribution in [0.15, 0.2) is 12.2 Å². The van der Waals surface area contributed by atoms with E-state index in [1.165, 1.54) is 13.2 Å². The molecule has 19 heavy (non-hydrogen) atoms. The molecule has 0 bridgehead atoms. The molecule has 110 valence electrons. The molecule has 0 aliphatic heterocycles. The van der Waals surface area contributed by atoms with Crippen molar-refractivity contribution in [1.29, 1.82) is 0 Å². The van der Waals surface area contributed by atoms with Gasteiger partial charge in [-0.3, -0.25) is 4.84 Å². The van der Waals surface area contributed by atoms with Gasteiger partial charge in [-0.25, -0.2) is 9.59 Å². The average Bonchev–Trinajstić information content (AvgIpc) is 2.29. The van der Waals surface area contributed by atoms with Gasteiger partial charge in [-0.15, -0.1) is 0 Å². The van der Waals surface area contributed by atoms with Crippen LogP contribution in [0.2, 0.25) is 0 Å². The summed E-state index contributed by atoms with van der Waals surface area (Å²) in [7, 11) is 1.24. The maximum atomic E-state index is 11.2. The fraction of sp³-hybridized carbons (Fsp3) is 0.667. The van der Waals surface area contributed by atoms with Gasteiger partial charge in [0.2, 0.25) is 0 Å². The largest absolute Gasteiger partial charge is 0.466 e. The summed E-state index contributed by atoms with van der Waals surface area (Å²) in [5, 5.41) is 9.43. The first-order valence-electron chi connectivity index (χ1n) is 5.79. The van der Waals surface area contributed by atoms with Crippen LogP contribution in [0.3, 0.4) is 0 Å². The van der Waals surface area contributed by atoms with E-state index in [-0.39, 0.29) is 13.0 Å². The molecule has 0 unspecified atom stereocenters. The number of aliphatic hydroxyl groups excluding tert-OH is 1. The van der Waals surface area contributed by atoms with E-state index in [1.807, 2.05) is 0 Å². The average molecular weight is 275 g/mol.